The minimum absolute atomic E-state index is 0.121. The maximum absolute atomic E-state index is 7.03. The first-order valence-electron chi connectivity index (χ1n) is 12.4. The van der Waals surface area contributed by atoms with Gasteiger partial charge in [-0.15, -0.1) is 0 Å². The van der Waals surface area contributed by atoms with Gasteiger partial charge in [-0.05, 0) is 41.7 Å². The molecule has 4 aromatic rings. The van der Waals surface area contributed by atoms with Crippen molar-refractivity contribution in [2.75, 3.05) is 20.2 Å². The minimum atomic E-state index is 0.121. The topological polar surface area (TPSA) is 72.5 Å². The summed E-state index contributed by atoms with van der Waals surface area (Å²) >= 11 is 14.0. The Bertz CT molecular complexity index is 1550. The molecular formula is C30H26Cl2N4O. The van der Waals surface area contributed by atoms with Crippen molar-refractivity contribution in [3.63, 3.8) is 0 Å². The van der Waals surface area contributed by atoms with Crippen molar-refractivity contribution in [3.05, 3.63) is 93.5 Å². The molecule has 3 N–H and O–H groups in total. The molecule has 0 saturated carbocycles. The number of benzene rings is 3. The first-order chi connectivity index (χ1) is 18.0. The van der Waals surface area contributed by atoms with Gasteiger partial charge in [0.2, 0.25) is 5.88 Å². The van der Waals surface area contributed by atoms with Gasteiger partial charge in [0, 0.05) is 34.8 Å². The van der Waals surface area contributed by atoms with E-state index in [1.165, 1.54) is 11.1 Å². The number of amidine groups is 1. The summed E-state index contributed by atoms with van der Waals surface area (Å²) in [5.41, 5.74) is 14.9. The highest BCUT2D eigenvalue weighted by Gasteiger charge is 2.21. The molecule has 37 heavy (non-hydrogen) atoms. The zero-order chi connectivity index (χ0) is 25.5. The normalized spacial score (nSPS) is 16.3. The molecule has 0 spiro atoms. The molecule has 1 aromatic heterocycles. The highest BCUT2D eigenvalue weighted by atomic mass is 35.5. The van der Waals surface area contributed by atoms with Crippen LogP contribution in [0.25, 0.3) is 33.5 Å². The number of hydrogen-bond donors (Lipinski definition) is 2. The second-order valence-electron chi connectivity index (χ2n) is 9.30. The fourth-order valence-electron chi connectivity index (χ4n) is 5.22. The predicted octanol–water partition coefficient (Wildman–Crippen LogP) is 6.69. The van der Waals surface area contributed by atoms with Crippen LogP contribution in [-0.2, 0) is 6.42 Å². The molecule has 0 saturated heterocycles. The van der Waals surface area contributed by atoms with E-state index in [1.54, 1.807) is 7.11 Å². The Morgan fingerprint density at radius 3 is 2.35 bits per heavy atom. The number of nitrogens with two attached hydrogens (primary N) is 1. The van der Waals surface area contributed by atoms with Crippen LogP contribution in [0.2, 0.25) is 10.0 Å². The number of aliphatic imine (C=N–C) groups is 1. The van der Waals surface area contributed by atoms with Gasteiger partial charge in [-0.3, -0.25) is 4.99 Å². The number of methoxy groups -OCH3 is 1. The summed E-state index contributed by atoms with van der Waals surface area (Å²) in [6.07, 6.45) is 1.98. The van der Waals surface area contributed by atoms with Gasteiger partial charge < -0.3 is 15.8 Å². The second-order valence-corrected chi connectivity index (χ2v) is 10.1. The molecule has 1 aliphatic heterocycles. The minimum Gasteiger partial charge on any atom is -0.480 e. The SMILES string of the molecule is COc1nc(-c2cccc(-c3cccc(-c4ccc5c(c4)CCC5N)c3Cl)c2Cl)ccc1C1=NCCN1. The van der Waals surface area contributed by atoms with E-state index in [1.807, 2.05) is 48.5 Å². The van der Waals surface area contributed by atoms with Gasteiger partial charge in [-0.2, -0.15) is 0 Å². The van der Waals surface area contributed by atoms with E-state index < -0.39 is 0 Å². The van der Waals surface area contributed by atoms with Gasteiger partial charge in [0.25, 0.3) is 0 Å². The van der Waals surface area contributed by atoms with Crippen LogP contribution in [0, 0.1) is 0 Å². The summed E-state index contributed by atoms with van der Waals surface area (Å²) in [7, 11) is 1.61. The lowest BCUT2D eigenvalue weighted by molar-refractivity contribution is 0.397. The number of fused-ring (bicyclic) bond motifs is 1. The molecule has 0 fully saturated rings. The van der Waals surface area contributed by atoms with Crippen LogP contribution in [0.3, 0.4) is 0 Å². The molecule has 1 aliphatic carbocycles. The largest absolute Gasteiger partial charge is 0.480 e. The number of nitrogens with zero attached hydrogens (tertiary/aromatic N) is 2. The number of hydrogen-bond acceptors (Lipinski definition) is 5. The van der Waals surface area contributed by atoms with Crippen molar-refractivity contribution in [1.82, 2.24) is 10.3 Å². The van der Waals surface area contributed by atoms with Crippen molar-refractivity contribution < 1.29 is 4.74 Å². The van der Waals surface area contributed by atoms with Crippen LogP contribution in [0.15, 0.2) is 71.7 Å². The molecule has 3 aromatic carbocycles. The van der Waals surface area contributed by atoms with Crippen LogP contribution < -0.4 is 15.8 Å². The third-order valence-corrected chi connectivity index (χ3v) is 7.94. The highest BCUT2D eigenvalue weighted by molar-refractivity contribution is 6.39. The molecule has 6 rings (SSSR count). The van der Waals surface area contributed by atoms with Gasteiger partial charge in [0.15, 0.2) is 0 Å². The molecule has 7 heteroatoms. The average molecular weight is 529 g/mol. The molecule has 1 unspecified atom stereocenters. The van der Waals surface area contributed by atoms with E-state index in [4.69, 9.17) is 38.7 Å². The molecule has 2 heterocycles. The summed E-state index contributed by atoms with van der Waals surface area (Å²) in [5, 5.41) is 4.52. The summed E-state index contributed by atoms with van der Waals surface area (Å²) in [6.45, 7) is 1.56. The lowest BCUT2D eigenvalue weighted by Crippen LogP contribution is -2.20. The van der Waals surface area contributed by atoms with Crippen LogP contribution in [0.4, 0.5) is 0 Å². The summed E-state index contributed by atoms with van der Waals surface area (Å²) in [5.74, 6) is 1.30. The van der Waals surface area contributed by atoms with Crippen molar-refractivity contribution in [1.29, 1.82) is 0 Å². The lowest BCUT2D eigenvalue weighted by Gasteiger charge is -2.15. The van der Waals surface area contributed by atoms with Crippen molar-refractivity contribution >= 4 is 29.0 Å². The van der Waals surface area contributed by atoms with Crippen LogP contribution in [-0.4, -0.2) is 31.0 Å². The van der Waals surface area contributed by atoms with E-state index in [9.17, 15) is 0 Å². The molecule has 0 radical (unpaired) electrons. The Balaban J connectivity index is 1.40. The molecule has 0 amide bonds. The lowest BCUT2D eigenvalue weighted by atomic mass is 9.95. The zero-order valence-electron chi connectivity index (χ0n) is 20.4. The number of aryl methyl sites for hydroxylation is 1. The van der Waals surface area contributed by atoms with E-state index in [2.05, 4.69) is 28.5 Å². The highest BCUT2D eigenvalue weighted by Crippen LogP contribution is 2.43. The van der Waals surface area contributed by atoms with Gasteiger partial charge >= 0.3 is 0 Å². The van der Waals surface area contributed by atoms with Gasteiger partial charge in [-0.1, -0.05) is 77.8 Å². The average Bonchev–Trinajstić information content (AvgIpc) is 3.59. The van der Waals surface area contributed by atoms with E-state index >= 15 is 0 Å². The standard InChI is InChI=1S/C30H26Cl2N4O/c1-37-30-24(29-34-14-15-35-29)11-13-26(36-30)23-7-3-6-22(28(23)32)21-5-2-4-20(27(21)31)18-8-10-19-17(16-18)9-12-25(19)33/h2-8,10-11,13,16,25H,9,12,14-15,33H2,1H3,(H,34,35). The molecule has 2 aliphatic rings. The Labute approximate surface area is 226 Å². The quantitative estimate of drug-likeness (QED) is 0.302. The zero-order valence-corrected chi connectivity index (χ0v) is 21.9. The number of halogens is 2. The van der Waals surface area contributed by atoms with Crippen LogP contribution >= 0.6 is 23.2 Å². The fourth-order valence-corrected chi connectivity index (χ4v) is 5.88. The Morgan fingerprint density at radius 1 is 0.892 bits per heavy atom. The Kier molecular flexibility index (Phi) is 6.37. The molecular weight excluding hydrogens is 503 g/mol. The van der Waals surface area contributed by atoms with Crippen molar-refractivity contribution in [2.24, 2.45) is 10.7 Å². The van der Waals surface area contributed by atoms with E-state index in [0.717, 1.165) is 65.1 Å². The van der Waals surface area contributed by atoms with Crippen LogP contribution in [0.5, 0.6) is 5.88 Å². The smallest absolute Gasteiger partial charge is 0.224 e. The predicted molar refractivity (Wildman–Crippen MR) is 152 cm³/mol. The number of ether oxygens (including phenoxy) is 1. The number of rotatable bonds is 5. The van der Waals surface area contributed by atoms with E-state index in [0.29, 0.717) is 21.6 Å². The summed E-state index contributed by atoms with van der Waals surface area (Å²) in [4.78, 5) is 9.25. The van der Waals surface area contributed by atoms with E-state index in [-0.39, 0.29) is 6.04 Å². The maximum atomic E-state index is 7.03. The molecule has 186 valence electrons. The number of pyridine rings is 1. The summed E-state index contributed by atoms with van der Waals surface area (Å²) in [6, 6.07) is 22.5. The van der Waals surface area contributed by atoms with Crippen molar-refractivity contribution in [2.45, 2.75) is 18.9 Å². The third-order valence-electron chi connectivity index (χ3n) is 7.12. The Hall–Kier alpha value is -3.38. The maximum Gasteiger partial charge on any atom is 0.224 e. The third kappa shape index (κ3) is 4.27. The molecule has 1 atom stereocenters. The first kappa shape index (κ1) is 24.0. The number of aromatic nitrogens is 1. The molecule has 5 nitrogen and oxygen atoms in total. The van der Waals surface area contributed by atoms with Crippen LogP contribution in [0.1, 0.15) is 29.2 Å². The first-order valence-corrected chi connectivity index (χ1v) is 13.1. The molecule has 0 bridgehead atoms. The Morgan fingerprint density at radius 2 is 1.62 bits per heavy atom. The van der Waals surface area contributed by atoms with Crippen molar-refractivity contribution in [3.8, 4) is 39.4 Å². The second kappa shape index (κ2) is 9.82. The van der Waals surface area contributed by atoms with Gasteiger partial charge in [-0.25, -0.2) is 4.98 Å². The van der Waals surface area contributed by atoms with Gasteiger partial charge in [0.1, 0.15) is 5.84 Å². The fraction of sp³-hybridized carbons (Fsp3) is 0.200. The number of nitrogens with one attached hydrogen (secondary N) is 1. The van der Waals surface area contributed by atoms with Gasteiger partial charge in [0.05, 0.1) is 35.0 Å². The summed E-state index contributed by atoms with van der Waals surface area (Å²) < 4.78 is 5.59. The monoisotopic (exact) mass is 528 g/mol.